The Labute approximate surface area is 398 Å². The Morgan fingerprint density at radius 3 is 1.14 bits per heavy atom. The van der Waals surface area contributed by atoms with Gasteiger partial charge < -0.3 is 5.11 Å². The molecule has 0 aliphatic heterocycles. The average Bonchev–Trinajstić information content (AvgIpc) is 3.81. The molecule has 2 heteroatoms. The Bertz CT molecular complexity index is 2380. The van der Waals surface area contributed by atoms with E-state index in [-0.39, 0.29) is 21.7 Å². The van der Waals surface area contributed by atoms with Gasteiger partial charge in [-0.25, -0.2) is 0 Å². The molecular formula is C61H78OZr. The van der Waals surface area contributed by atoms with Crippen molar-refractivity contribution < 1.29 is 29.3 Å². The molecule has 0 aromatic heterocycles. The van der Waals surface area contributed by atoms with Gasteiger partial charge in [0.2, 0.25) is 0 Å². The fraction of sp³-hybridized carbons (Fsp3) is 0.393. The fourth-order valence-electron chi connectivity index (χ4n) is 7.87. The summed E-state index contributed by atoms with van der Waals surface area (Å²) in [5, 5.41) is 15.3. The summed E-state index contributed by atoms with van der Waals surface area (Å²) >= 11 is 1.55. The molecule has 0 saturated heterocycles. The van der Waals surface area contributed by atoms with Crippen LogP contribution >= 0.6 is 0 Å². The molecule has 7 rings (SSSR count). The molecule has 0 spiro atoms. The van der Waals surface area contributed by atoms with Gasteiger partial charge in [0.1, 0.15) is 5.75 Å². The van der Waals surface area contributed by atoms with Gasteiger partial charge in [-0.3, -0.25) is 0 Å². The predicted molar refractivity (Wildman–Crippen MR) is 277 cm³/mol. The number of aromatic hydroxyl groups is 1. The van der Waals surface area contributed by atoms with Crippen LogP contribution in [0.1, 0.15) is 157 Å². The summed E-state index contributed by atoms with van der Waals surface area (Å²) in [7, 11) is 0. The zero-order valence-corrected chi connectivity index (χ0v) is 44.4. The van der Waals surface area contributed by atoms with E-state index >= 15 is 0 Å². The molecule has 332 valence electrons. The van der Waals surface area contributed by atoms with Gasteiger partial charge >= 0.3 is 41.3 Å². The van der Waals surface area contributed by atoms with Crippen LogP contribution in [0.2, 0.25) is 0 Å². The quantitative estimate of drug-likeness (QED) is 0.165. The molecule has 0 radical (unpaired) electrons. The third-order valence-corrected chi connectivity index (χ3v) is 11.5. The molecule has 0 bridgehead atoms. The predicted octanol–water partition coefficient (Wildman–Crippen LogP) is 17.7. The Balaban J connectivity index is 0.000000202. The maximum atomic E-state index is 9.84. The van der Waals surface area contributed by atoms with Crippen LogP contribution < -0.4 is 0 Å². The van der Waals surface area contributed by atoms with Gasteiger partial charge in [0, 0.05) is 0 Å². The zero-order chi connectivity index (χ0) is 46.9. The number of fused-ring (bicyclic) bond motifs is 2. The second-order valence-electron chi connectivity index (χ2n) is 21.7. The number of phenols is 1. The molecule has 0 aliphatic rings. The van der Waals surface area contributed by atoms with Crippen molar-refractivity contribution in [1.29, 1.82) is 0 Å². The van der Waals surface area contributed by atoms with Crippen molar-refractivity contribution >= 4 is 24.8 Å². The number of hydrogen-bond acceptors (Lipinski definition) is 1. The van der Waals surface area contributed by atoms with E-state index < -0.39 is 0 Å². The summed E-state index contributed by atoms with van der Waals surface area (Å²) in [4.78, 5) is 0. The monoisotopic (exact) mass is 917 g/mol. The minimum atomic E-state index is -0.00859. The van der Waals surface area contributed by atoms with Gasteiger partial charge in [0.05, 0.1) is 0 Å². The normalized spacial score (nSPS) is 11.9. The number of aryl methyl sites for hydroxylation is 2. The topological polar surface area (TPSA) is 20.2 Å². The standard InChI is InChI=1S/2C22H25.C14H22O.C3H6.Zr/c2*1-5-7-16-14-18-8-6-9-20(21(18)15-16)17-10-12-19(13-11-17)22(2,3)4;1-13(2,3)10-7-8-12(15)11(9-10)14(4,5)6;1-3-2;/h2*6,8-15H,5,7H2,1-4H3;7-9,15H,1-6H3;1-2H3;/q2*-1;;;+2. The van der Waals surface area contributed by atoms with E-state index in [4.69, 9.17) is 0 Å². The van der Waals surface area contributed by atoms with Crippen LogP contribution in [0.15, 0.2) is 127 Å². The van der Waals surface area contributed by atoms with Gasteiger partial charge in [-0.2, -0.15) is 12.1 Å². The Kier molecular flexibility index (Phi) is 17.7. The Morgan fingerprint density at radius 2 is 0.825 bits per heavy atom. The van der Waals surface area contributed by atoms with Crippen molar-refractivity contribution in [3.63, 3.8) is 0 Å². The van der Waals surface area contributed by atoms with Crippen LogP contribution in [0.5, 0.6) is 5.75 Å². The van der Waals surface area contributed by atoms with Gasteiger partial charge in [-0.15, -0.1) is 69.1 Å². The van der Waals surface area contributed by atoms with Crippen molar-refractivity contribution in [3.8, 4) is 28.0 Å². The second-order valence-corrected chi connectivity index (χ2v) is 24.2. The number of benzene rings is 5. The first kappa shape index (κ1) is 51.5. The Hall–Kier alpha value is -4.13. The molecule has 7 aromatic rings. The van der Waals surface area contributed by atoms with E-state index in [1.165, 1.54) is 87.7 Å². The molecule has 63 heavy (non-hydrogen) atoms. The SMILES string of the molecule is CC(C)(C)c1ccc(O)c(C(C)(C)C)c1.CCCc1cc2c(-c3ccc(C(C)(C)C)cc3)cccc2[cH-]1.CCCc1cc2c(-c3ccc(C(C)(C)C)cc3)cccc2[cH-]1.C[C](C)=[Zr+2]. The molecule has 0 atom stereocenters. The average molecular weight is 919 g/mol. The second kappa shape index (κ2) is 21.7. The molecule has 1 N–H and O–H groups in total. The van der Waals surface area contributed by atoms with Crippen LogP contribution in [-0.4, -0.2) is 8.31 Å². The first-order valence-corrected chi connectivity index (χ1v) is 24.5. The molecule has 1 nitrogen and oxygen atoms in total. The van der Waals surface area contributed by atoms with Crippen molar-refractivity contribution in [2.75, 3.05) is 0 Å². The van der Waals surface area contributed by atoms with Crippen LogP contribution in [0, 0.1) is 0 Å². The van der Waals surface area contributed by atoms with E-state index in [0.717, 1.165) is 18.4 Å². The molecule has 0 saturated carbocycles. The fourth-order valence-corrected chi connectivity index (χ4v) is 7.87. The van der Waals surface area contributed by atoms with Crippen LogP contribution in [0.3, 0.4) is 0 Å². The Morgan fingerprint density at radius 1 is 0.476 bits per heavy atom. The zero-order valence-electron chi connectivity index (χ0n) is 41.9. The van der Waals surface area contributed by atoms with Crippen molar-refractivity contribution in [1.82, 2.24) is 0 Å². The molecule has 7 aromatic carbocycles. The molecule has 0 heterocycles. The van der Waals surface area contributed by atoms with Gasteiger partial charge in [-0.1, -0.05) is 194 Å². The summed E-state index contributed by atoms with van der Waals surface area (Å²) in [6, 6.07) is 46.7. The summed E-state index contributed by atoms with van der Waals surface area (Å²) in [5.74, 6) is 0.399. The number of phenolic OH excluding ortho intramolecular Hbond substituents is 1. The summed E-state index contributed by atoms with van der Waals surface area (Å²) in [5.41, 5.74) is 13.8. The van der Waals surface area contributed by atoms with E-state index in [0.29, 0.717) is 5.75 Å². The van der Waals surface area contributed by atoms with Crippen LogP contribution in [0.4, 0.5) is 0 Å². The molecule has 0 unspecified atom stereocenters. The first-order chi connectivity index (χ1) is 29.3. The first-order valence-electron chi connectivity index (χ1n) is 23.3. The van der Waals surface area contributed by atoms with E-state index in [1.807, 2.05) is 6.07 Å². The number of rotatable bonds is 6. The van der Waals surface area contributed by atoms with E-state index in [9.17, 15) is 5.11 Å². The van der Waals surface area contributed by atoms with E-state index in [2.05, 4.69) is 226 Å². The van der Waals surface area contributed by atoms with Crippen molar-refractivity contribution in [2.45, 2.75) is 158 Å². The molecule has 0 aliphatic carbocycles. The summed E-state index contributed by atoms with van der Waals surface area (Å²) in [6.45, 7) is 35.2. The summed E-state index contributed by atoms with van der Waals surface area (Å²) in [6.07, 6.45) is 4.73. The van der Waals surface area contributed by atoms with Gasteiger partial charge in [0.25, 0.3) is 0 Å². The van der Waals surface area contributed by atoms with Crippen molar-refractivity contribution in [3.05, 3.63) is 161 Å². The third-order valence-electron chi connectivity index (χ3n) is 11.5. The van der Waals surface area contributed by atoms with Gasteiger partial charge in [0.15, 0.2) is 0 Å². The molecule has 0 fully saturated rings. The van der Waals surface area contributed by atoms with Crippen LogP contribution in [0.25, 0.3) is 43.8 Å². The number of hydrogen-bond donors (Lipinski definition) is 1. The molecule has 0 amide bonds. The van der Waals surface area contributed by atoms with Gasteiger partial charge in [-0.05, 0) is 73.9 Å². The minimum absolute atomic E-state index is 0.00859. The van der Waals surface area contributed by atoms with Crippen LogP contribution in [-0.2, 0) is 58.7 Å². The molecular weight excluding hydrogens is 840 g/mol. The van der Waals surface area contributed by atoms with E-state index in [1.54, 1.807) is 30.3 Å². The maximum absolute atomic E-state index is 9.84. The van der Waals surface area contributed by atoms with Crippen molar-refractivity contribution in [2.24, 2.45) is 0 Å². The summed E-state index contributed by atoms with van der Waals surface area (Å²) < 4.78 is 1.51. The third kappa shape index (κ3) is 14.7.